The second-order valence-corrected chi connectivity index (χ2v) is 17.6. The summed E-state index contributed by atoms with van der Waals surface area (Å²) in [5, 5.41) is 2.79. The minimum Gasteiger partial charge on any atom is -0.0654 e. The molecule has 0 radical (unpaired) electrons. The van der Waals surface area contributed by atoms with Gasteiger partial charge in [0.1, 0.15) is 0 Å². The van der Waals surface area contributed by atoms with Crippen LogP contribution in [0.4, 0.5) is 0 Å². The Morgan fingerprint density at radius 2 is 1.29 bits per heavy atom. The van der Waals surface area contributed by atoms with Gasteiger partial charge in [0.2, 0.25) is 0 Å². The van der Waals surface area contributed by atoms with Gasteiger partial charge < -0.3 is 0 Å². The van der Waals surface area contributed by atoms with Gasteiger partial charge in [-0.2, -0.15) is 0 Å². The molecule has 0 heteroatoms. The predicted molar refractivity (Wildman–Crippen MR) is 212 cm³/mol. The molecule has 4 aliphatic rings. The van der Waals surface area contributed by atoms with Gasteiger partial charge in [-0.3, -0.25) is 0 Å². The van der Waals surface area contributed by atoms with E-state index in [-0.39, 0.29) is 27.1 Å². The van der Waals surface area contributed by atoms with Crippen molar-refractivity contribution in [1.82, 2.24) is 0 Å². The third-order valence-electron chi connectivity index (χ3n) is 14.6. The average molecular weight is 645 g/mol. The maximum atomic E-state index is 2.79. The van der Waals surface area contributed by atoms with E-state index in [1.165, 1.54) is 49.7 Å². The summed E-state index contributed by atoms with van der Waals surface area (Å²) >= 11 is 0. The molecular weight excluding hydrogens is 589 g/mol. The van der Waals surface area contributed by atoms with Crippen molar-refractivity contribution in [2.45, 2.75) is 125 Å². The Hall–Kier alpha value is -3.64. The highest BCUT2D eigenvalue weighted by molar-refractivity contribution is 6.12. The lowest BCUT2D eigenvalue weighted by Gasteiger charge is -2.44. The number of hydrogen-bond donors (Lipinski definition) is 0. The van der Waals surface area contributed by atoms with Crippen molar-refractivity contribution in [3.8, 4) is 11.1 Å². The molecule has 0 aliphatic heterocycles. The van der Waals surface area contributed by atoms with Crippen LogP contribution in [0.5, 0.6) is 0 Å². The largest absolute Gasteiger partial charge is 0.0654 e. The van der Waals surface area contributed by atoms with E-state index in [2.05, 4.69) is 155 Å². The van der Waals surface area contributed by atoms with Crippen LogP contribution in [0.3, 0.4) is 0 Å². The fraction of sp³-hybridized carbons (Fsp3) is 0.429. The van der Waals surface area contributed by atoms with Crippen LogP contribution < -0.4 is 0 Å². The molecule has 0 amide bonds. The van der Waals surface area contributed by atoms with Crippen LogP contribution in [0, 0.1) is 17.8 Å². The molecule has 0 saturated carbocycles. The molecule has 4 aliphatic carbocycles. The van der Waals surface area contributed by atoms with Gasteiger partial charge in [0.05, 0.1) is 0 Å². The third kappa shape index (κ3) is 4.04. The molecule has 1 atom stereocenters. The molecule has 0 nitrogen and oxygen atoms in total. The molecule has 252 valence electrons. The van der Waals surface area contributed by atoms with Crippen LogP contribution >= 0.6 is 0 Å². The van der Waals surface area contributed by atoms with E-state index in [0.717, 1.165) is 32.1 Å². The zero-order valence-electron chi connectivity index (χ0n) is 32.0. The Morgan fingerprint density at radius 3 is 1.98 bits per heavy atom. The monoisotopic (exact) mass is 644 g/mol. The fourth-order valence-electron chi connectivity index (χ4n) is 10.8. The highest BCUT2D eigenvalue weighted by Gasteiger charge is 2.55. The molecule has 0 bridgehead atoms. The summed E-state index contributed by atoms with van der Waals surface area (Å²) < 4.78 is 0. The highest BCUT2D eigenvalue weighted by atomic mass is 14.6. The summed E-state index contributed by atoms with van der Waals surface area (Å²) in [6.07, 6.45) is 11.1. The first-order valence-electron chi connectivity index (χ1n) is 19.2. The zero-order valence-corrected chi connectivity index (χ0v) is 32.0. The van der Waals surface area contributed by atoms with Crippen molar-refractivity contribution in [3.63, 3.8) is 0 Å². The summed E-state index contributed by atoms with van der Waals surface area (Å²) in [6.45, 7) is 26.9. The smallest absolute Gasteiger partial charge is 0.0443 e. The van der Waals surface area contributed by atoms with Crippen molar-refractivity contribution in [1.29, 1.82) is 0 Å². The van der Waals surface area contributed by atoms with Crippen LogP contribution in [0.25, 0.3) is 33.0 Å². The Labute approximate surface area is 296 Å². The SMILES string of the molecule is CCC(C)(CC)C1=CC2(CC(C(C)(CC)CC)=C1)c1ccc3c(c1-c1ccc4cc(C)ccc4c12)C(C)(C)C1=C3C(C)(C)c2ccccc21. The molecular formula is C49H56. The summed E-state index contributed by atoms with van der Waals surface area (Å²) in [5.41, 5.74) is 19.5. The highest BCUT2D eigenvalue weighted by Crippen LogP contribution is 2.68. The lowest BCUT2D eigenvalue weighted by molar-refractivity contribution is 0.328. The fourth-order valence-corrected chi connectivity index (χ4v) is 10.8. The van der Waals surface area contributed by atoms with Gasteiger partial charge in [-0.25, -0.2) is 0 Å². The third-order valence-corrected chi connectivity index (χ3v) is 14.6. The van der Waals surface area contributed by atoms with Crippen LogP contribution in [-0.2, 0) is 16.2 Å². The van der Waals surface area contributed by atoms with Crippen molar-refractivity contribution >= 4 is 21.9 Å². The van der Waals surface area contributed by atoms with Gasteiger partial charge in [0, 0.05) is 16.2 Å². The minimum atomic E-state index is -0.221. The van der Waals surface area contributed by atoms with E-state index >= 15 is 0 Å². The number of rotatable bonds is 6. The first-order chi connectivity index (χ1) is 23.2. The molecule has 0 heterocycles. The Morgan fingerprint density at radius 1 is 0.633 bits per heavy atom. The van der Waals surface area contributed by atoms with Gasteiger partial charge in [-0.05, 0) is 122 Å². The molecule has 0 saturated heterocycles. The summed E-state index contributed by atoms with van der Waals surface area (Å²) in [7, 11) is 0. The van der Waals surface area contributed by atoms with Crippen LogP contribution in [0.2, 0.25) is 0 Å². The Kier molecular flexibility index (Phi) is 6.94. The number of benzene rings is 4. The topological polar surface area (TPSA) is 0 Å². The molecule has 4 aromatic rings. The predicted octanol–water partition coefficient (Wildman–Crippen LogP) is 13.8. The second kappa shape index (κ2) is 10.4. The molecule has 0 N–H and O–H groups in total. The van der Waals surface area contributed by atoms with Crippen LogP contribution in [0.1, 0.15) is 140 Å². The van der Waals surface area contributed by atoms with E-state index in [1.807, 2.05) is 0 Å². The van der Waals surface area contributed by atoms with Crippen molar-refractivity contribution in [3.05, 3.63) is 129 Å². The van der Waals surface area contributed by atoms with Crippen molar-refractivity contribution in [2.75, 3.05) is 0 Å². The molecule has 0 fully saturated rings. The van der Waals surface area contributed by atoms with Crippen LogP contribution in [-0.4, -0.2) is 0 Å². The van der Waals surface area contributed by atoms with E-state index < -0.39 is 0 Å². The van der Waals surface area contributed by atoms with E-state index in [0.29, 0.717) is 0 Å². The Balaban J connectivity index is 1.50. The molecule has 49 heavy (non-hydrogen) atoms. The molecule has 1 unspecified atom stereocenters. The van der Waals surface area contributed by atoms with E-state index in [4.69, 9.17) is 0 Å². The van der Waals surface area contributed by atoms with E-state index in [9.17, 15) is 0 Å². The average Bonchev–Trinajstić information content (AvgIpc) is 3.62. The first kappa shape index (κ1) is 32.6. The van der Waals surface area contributed by atoms with Crippen LogP contribution in [0.15, 0.2) is 90.0 Å². The zero-order chi connectivity index (χ0) is 34.9. The van der Waals surface area contributed by atoms with Gasteiger partial charge in [-0.1, -0.05) is 159 Å². The summed E-state index contributed by atoms with van der Waals surface area (Å²) in [5.74, 6) is 0. The number of aryl methyl sites for hydroxylation is 1. The minimum absolute atomic E-state index is 0.0370. The van der Waals surface area contributed by atoms with Gasteiger partial charge in [-0.15, -0.1) is 0 Å². The first-order valence-corrected chi connectivity index (χ1v) is 19.2. The molecule has 0 aromatic heterocycles. The molecule has 1 spiro atoms. The maximum absolute atomic E-state index is 2.79. The lowest BCUT2D eigenvalue weighted by atomic mass is 9.59. The van der Waals surface area contributed by atoms with E-state index in [1.54, 1.807) is 33.4 Å². The number of allylic oxidation sites excluding steroid dienone is 6. The Bertz CT molecular complexity index is 2160. The van der Waals surface area contributed by atoms with Gasteiger partial charge in [0.15, 0.2) is 0 Å². The summed E-state index contributed by atoms with van der Waals surface area (Å²) in [6, 6.07) is 26.5. The number of hydrogen-bond acceptors (Lipinski definition) is 0. The quantitative estimate of drug-likeness (QED) is 0.196. The van der Waals surface area contributed by atoms with Crippen molar-refractivity contribution in [2.24, 2.45) is 10.8 Å². The second-order valence-electron chi connectivity index (χ2n) is 17.6. The molecule has 8 rings (SSSR count). The number of fused-ring (bicyclic) bond motifs is 12. The van der Waals surface area contributed by atoms with Gasteiger partial charge in [0.25, 0.3) is 0 Å². The van der Waals surface area contributed by atoms with Crippen molar-refractivity contribution < 1.29 is 0 Å². The summed E-state index contributed by atoms with van der Waals surface area (Å²) in [4.78, 5) is 0. The normalized spacial score (nSPS) is 21.4. The standard InChI is InChI=1S/C49H56/c1-12-47(10,13-2)32-27-33(48(11,14-3)15-4)29-49(28-32)39-25-24-37-42(40(39)36-23-21-31-26-30(5)20-22-34(31)41(36)49)46(8,9)43-35-18-16-17-19-38(35)45(6,7)44(37)43/h16-28H,12-15,29H2,1-11H3. The lowest BCUT2D eigenvalue weighted by Crippen LogP contribution is -2.34. The van der Waals surface area contributed by atoms with Gasteiger partial charge >= 0.3 is 0 Å². The molecule has 4 aromatic carbocycles. The maximum Gasteiger partial charge on any atom is 0.0443 e.